The lowest BCUT2D eigenvalue weighted by atomic mass is 10.1. The smallest absolute Gasteiger partial charge is 0.339 e. The number of amides is 1. The summed E-state index contributed by atoms with van der Waals surface area (Å²) >= 11 is 3.33. The Morgan fingerprint density at radius 2 is 1.67 bits per heavy atom. The molecule has 0 aliphatic heterocycles. The topological polar surface area (TPSA) is 96.3 Å². The fraction of sp³-hybridized carbons (Fsp3) is 0.120. The Hall–Kier alpha value is -3.41. The van der Waals surface area contributed by atoms with Crippen LogP contribution in [0.5, 0.6) is 5.75 Å². The number of aryl methyl sites for hydroxylation is 3. The summed E-state index contributed by atoms with van der Waals surface area (Å²) in [7, 11) is -4.11. The molecule has 0 aliphatic rings. The number of nitriles is 1. The predicted octanol–water partition coefficient (Wildman–Crippen LogP) is 5.69. The van der Waals surface area contributed by atoms with Gasteiger partial charge in [-0.2, -0.15) is 13.7 Å². The van der Waals surface area contributed by atoms with E-state index in [1.54, 1.807) is 30.3 Å². The minimum Gasteiger partial charge on any atom is -0.378 e. The van der Waals surface area contributed by atoms with E-state index in [9.17, 15) is 18.5 Å². The summed E-state index contributed by atoms with van der Waals surface area (Å²) in [5.41, 5.74) is 3.45. The number of nitrogens with one attached hydrogen (secondary N) is 1. The molecule has 0 heterocycles. The van der Waals surface area contributed by atoms with Gasteiger partial charge in [0.1, 0.15) is 22.3 Å². The Balaban J connectivity index is 1.94. The number of benzene rings is 3. The summed E-state index contributed by atoms with van der Waals surface area (Å²) in [4.78, 5) is 12.7. The van der Waals surface area contributed by atoms with Gasteiger partial charge in [0.05, 0.1) is 0 Å². The van der Waals surface area contributed by atoms with Gasteiger partial charge in [0.25, 0.3) is 5.91 Å². The van der Waals surface area contributed by atoms with E-state index in [2.05, 4.69) is 21.2 Å². The minimum atomic E-state index is -4.11. The SMILES string of the molecule is Cc1ccc(S(=O)(=O)Oc2ccc(Br)cc2/C=C(\C#N)C(=O)Nc2ccc(C)cc2C)cc1. The number of carbonyl (C=O) groups excluding carboxylic acids is 1. The Kier molecular flexibility index (Phi) is 7.36. The molecule has 0 saturated heterocycles. The number of nitrogens with zero attached hydrogens (tertiary/aromatic N) is 1. The van der Waals surface area contributed by atoms with Crippen LogP contribution in [0.3, 0.4) is 0 Å². The lowest BCUT2D eigenvalue weighted by molar-refractivity contribution is -0.112. The number of hydrogen-bond acceptors (Lipinski definition) is 5. The van der Waals surface area contributed by atoms with Crippen LogP contribution >= 0.6 is 15.9 Å². The quantitative estimate of drug-likeness (QED) is 0.254. The van der Waals surface area contributed by atoms with Gasteiger partial charge >= 0.3 is 10.1 Å². The van der Waals surface area contributed by atoms with Crippen molar-refractivity contribution < 1.29 is 17.4 Å². The Morgan fingerprint density at radius 1 is 1.00 bits per heavy atom. The van der Waals surface area contributed by atoms with Crippen molar-refractivity contribution in [1.82, 2.24) is 0 Å². The van der Waals surface area contributed by atoms with Crippen LogP contribution < -0.4 is 9.50 Å². The van der Waals surface area contributed by atoms with Gasteiger partial charge in [-0.1, -0.05) is 51.3 Å². The molecule has 0 saturated carbocycles. The molecule has 3 aromatic carbocycles. The van der Waals surface area contributed by atoms with Gasteiger partial charge in [0.15, 0.2) is 0 Å². The van der Waals surface area contributed by atoms with Crippen molar-refractivity contribution in [3.8, 4) is 11.8 Å². The third kappa shape index (κ3) is 6.09. The van der Waals surface area contributed by atoms with Crippen LogP contribution in [-0.2, 0) is 14.9 Å². The van der Waals surface area contributed by atoms with E-state index in [1.807, 2.05) is 39.0 Å². The molecule has 0 fully saturated rings. The molecule has 168 valence electrons. The minimum absolute atomic E-state index is 0.000885. The maximum Gasteiger partial charge on any atom is 0.339 e. The van der Waals surface area contributed by atoms with E-state index in [0.717, 1.165) is 16.7 Å². The molecule has 3 rings (SSSR count). The van der Waals surface area contributed by atoms with Gasteiger partial charge < -0.3 is 9.50 Å². The van der Waals surface area contributed by atoms with Gasteiger partial charge in [-0.25, -0.2) is 0 Å². The molecule has 0 aromatic heterocycles. The highest BCUT2D eigenvalue weighted by Gasteiger charge is 2.19. The van der Waals surface area contributed by atoms with Gasteiger partial charge in [0.2, 0.25) is 0 Å². The second-order valence-corrected chi connectivity index (χ2v) is 9.94. The Bertz CT molecular complexity index is 1390. The number of halogens is 1. The van der Waals surface area contributed by atoms with Gasteiger partial charge in [-0.05, 0) is 68.8 Å². The van der Waals surface area contributed by atoms with Crippen LogP contribution in [0.1, 0.15) is 22.3 Å². The van der Waals surface area contributed by atoms with Crippen LogP contribution in [0.15, 0.2) is 75.6 Å². The average molecular weight is 525 g/mol. The van der Waals surface area contributed by atoms with Crippen LogP contribution in [0.2, 0.25) is 0 Å². The zero-order chi connectivity index (χ0) is 24.2. The number of carbonyl (C=O) groups is 1. The second kappa shape index (κ2) is 10.0. The summed E-state index contributed by atoms with van der Waals surface area (Å²) in [6.07, 6.45) is 1.30. The fourth-order valence-electron chi connectivity index (χ4n) is 3.03. The highest BCUT2D eigenvalue weighted by atomic mass is 79.9. The lowest BCUT2D eigenvalue weighted by Gasteiger charge is -2.11. The lowest BCUT2D eigenvalue weighted by Crippen LogP contribution is -2.14. The van der Waals surface area contributed by atoms with E-state index in [1.165, 1.54) is 24.3 Å². The molecule has 0 spiro atoms. The Morgan fingerprint density at radius 3 is 2.30 bits per heavy atom. The standard InChI is InChI=1S/C25H21BrN2O4S/c1-16-4-8-22(9-5-16)33(30,31)32-24-11-7-21(26)14-19(24)13-20(15-27)25(29)28-23-10-6-17(2)12-18(23)3/h4-14H,1-3H3,(H,28,29)/b20-13+. The normalized spacial score (nSPS) is 11.5. The van der Waals surface area contributed by atoms with Crippen molar-refractivity contribution >= 4 is 43.7 Å². The largest absolute Gasteiger partial charge is 0.378 e. The van der Waals surface area contributed by atoms with Crippen molar-refractivity contribution in [1.29, 1.82) is 5.26 Å². The molecule has 0 bridgehead atoms. The van der Waals surface area contributed by atoms with E-state index in [-0.39, 0.29) is 21.8 Å². The zero-order valence-corrected chi connectivity index (χ0v) is 20.6. The predicted molar refractivity (Wildman–Crippen MR) is 131 cm³/mol. The summed E-state index contributed by atoms with van der Waals surface area (Å²) in [6.45, 7) is 5.65. The molecule has 8 heteroatoms. The first-order chi connectivity index (χ1) is 15.6. The van der Waals surface area contributed by atoms with E-state index in [4.69, 9.17) is 4.18 Å². The highest BCUT2D eigenvalue weighted by Crippen LogP contribution is 2.29. The summed E-state index contributed by atoms with van der Waals surface area (Å²) in [5.74, 6) is -0.623. The van der Waals surface area contributed by atoms with Crippen LogP contribution in [0, 0.1) is 32.1 Å². The first kappa shape index (κ1) is 24.2. The van der Waals surface area contributed by atoms with Crippen molar-refractivity contribution in [3.05, 3.63) is 93.0 Å². The van der Waals surface area contributed by atoms with Crippen LogP contribution in [-0.4, -0.2) is 14.3 Å². The molecule has 3 aromatic rings. The summed E-state index contributed by atoms with van der Waals surface area (Å²) < 4.78 is 31.5. The van der Waals surface area contributed by atoms with Crippen molar-refractivity contribution in [3.63, 3.8) is 0 Å². The molecule has 0 atom stereocenters. The summed E-state index contributed by atoms with van der Waals surface area (Å²) in [6, 6.07) is 18.3. The third-order valence-corrected chi connectivity index (χ3v) is 6.52. The fourth-order valence-corrected chi connectivity index (χ4v) is 4.36. The number of rotatable bonds is 6. The van der Waals surface area contributed by atoms with Crippen LogP contribution in [0.25, 0.3) is 6.08 Å². The highest BCUT2D eigenvalue weighted by molar-refractivity contribution is 9.10. The molecule has 0 aliphatic carbocycles. The van der Waals surface area contributed by atoms with E-state index >= 15 is 0 Å². The molecule has 0 unspecified atom stereocenters. The number of anilines is 1. The molecule has 6 nitrogen and oxygen atoms in total. The molecular formula is C25H21BrN2O4S. The Labute approximate surface area is 201 Å². The van der Waals surface area contributed by atoms with E-state index < -0.39 is 16.0 Å². The molecule has 1 N–H and O–H groups in total. The maximum atomic E-state index is 12.7. The third-order valence-electron chi connectivity index (χ3n) is 4.78. The van der Waals surface area contributed by atoms with Gasteiger partial charge in [-0.3, -0.25) is 4.79 Å². The first-order valence-electron chi connectivity index (χ1n) is 9.90. The molecule has 33 heavy (non-hydrogen) atoms. The number of hydrogen-bond donors (Lipinski definition) is 1. The zero-order valence-electron chi connectivity index (χ0n) is 18.2. The van der Waals surface area contributed by atoms with Crippen molar-refractivity contribution in [2.24, 2.45) is 0 Å². The monoisotopic (exact) mass is 524 g/mol. The van der Waals surface area contributed by atoms with E-state index in [0.29, 0.717) is 10.2 Å². The van der Waals surface area contributed by atoms with Crippen molar-refractivity contribution in [2.75, 3.05) is 5.32 Å². The molecule has 0 radical (unpaired) electrons. The molecule has 1 amide bonds. The van der Waals surface area contributed by atoms with Gasteiger partial charge in [-0.15, -0.1) is 0 Å². The maximum absolute atomic E-state index is 12.7. The average Bonchev–Trinajstić information content (AvgIpc) is 2.75. The van der Waals surface area contributed by atoms with Crippen LogP contribution in [0.4, 0.5) is 5.69 Å². The van der Waals surface area contributed by atoms with Gasteiger partial charge in [0, 0.05) is 15.7 Å². The second-order valence-electron chi connectivity index (χ2n) is 7.47. The van der Waals surface area contributed by atoms with Crippen molar-refractivity contribution in [2.45, 2.75) is 25.7 Å². The first-order valence-corrected chi connectivity index (χ1v) is 12.1. The summed E-state index contributed by atoms with van der Waals surface area (Å²) in [5, 5.41) is 12.3. The molecular weight excluding hydrogens is 504 g/mol.